The molecule has 0 aliphatic carbocycles. The number of rotatable bonds is 4. The number of hydrogen-bond acceptors (Lipinski definition) is 7. The molecule has 1 saturated heterocycles. The molecule has 2 aliphatic rings. The highest BCUT2D eigenvalue weighted by Crippen LogP contribution is 2.37. The number of nitrogens with zero attached hydrogens (tertiary/aromatic N) is 2. The smallest absolute Gasteiger partial charge is 0.412 e. The molecule has 2 N–H and O–H groups in total. The molecule has 0 unspecified atom stereocenters. The van der Waals surface area contributed by atoms with E-state index in [9.17, 15) is 9.18 Å². The predicted molar refractivity (Wildman–Crippen MR) is 122 cm³/mol. The second-order valence-electron chi connectivity index (χ2n) is 8.21. The van der Waals surface area contributed by atoms with Crippen molar-refractivity contribution in [1.82, 2.24) is 9.97 Å². The molecule has 9 heteroatoms. The lowest BCUT2D eigenvalue weighted by atomic mass is 9.98. The van der Waals surface area contributed by atoms with Crippen molar-refractivity contribution in [3.05, 3.63) is 42.0 Å². The third-order valence-corrected chi connectivity index (χ3v) is 5.95. The van der Waals surface area contributed by atoms with Gasteiger partial charge >= 0.3 is 6.09 Å². The van der Waals surface area contributed by atoms with Crippen LogP contribution < -0.4 is 15.4 Å². The second kappa shape index (κ2) is 9.19. The molecule has 172 valence electrons. The topological polar surface area (TPSA) is 94.6 Å². The average Bonchev–Trinajstić information content (AvgIpc) is 2.84. The summed E-state index contributed by atoms with van der Waals surface area (Å²) in [6, 6.07) is 4.86. The molecule has 1 atom stereocenters. The van der Waals surface area contributed by atoms with Crippen molar-refractivity contribution < 1.29 is 23.4 Å². The molecule has 0 spiro atoms. The van der Waals surface area contributed by atoms with Crippen molar-refractivity contribution in [2.75, 3.05) is 37.0 Å². The van der Waals surface area contributed by atoms with E-state index in [2.05, 4.69) is 20.6 Å². The molecule has 2 aromatic heterocycles. The molecule has 8 nitrogen and oxygen atoms in total. The van der Waals surface area contributed by atoms with E-state index < -0.39 is 6.09 Å². The van der Waals surface area contributed by atoms with Gasteiger partial charge in [0.25, 0.3) is 0 Å². The highest BCUT2D eigenvalue weighted by Gasteiger charge is 2.20. The lowest BCUT2D eigenvalue weighted by molar-refractivity contribution is -0.0203. The van der Waals surface area contributed by atoms with Gasteiger partial charge in [0.1, 0.15) is 30.5 Å². The van der Waals surface area contributed by atoms with Crippen molar-refractivity contribution >= 4 is 28.4 Å². The van der Waals surface area contributed by atoms with Gasteiger partial charge in [-0.05, 0) is 55.3 Å². The predicted octanol–water partition coefficient (Wildman–Crippen LogP) is 4.67. The molecule has 1 amide bonds. The quantitative estimate of drug-likeness (QED) is 0.594. The molecule has 0 bridgehead atoms. The van der Waals surface area contributed by atoms with Crippen LogP contribution in [0.4, 0.5) is 20.7 Å². The molecular weight excluding hydrogens is 427 g/mol. The zero-order valence-electron chi connectivity index (χ0n) is 18.3. The number of hydrogen-bond donors (Lipinski definition) is 2. The van der Waals surface area contributed by atoms with Crippen LogP contribution in [0.15, 0.2) is 30.6 Å². The number of aromatic nitrogens is 2. The minimum absolute atomic E-state index is 0.0621. The monoisotopic (exact) mass is 452 g/mol. The maximum absolute atomic E-state index is 15.0. The largest absolute Gasteiger partial charge is 0.474 e. The standard InChI is InChI=1S/C24H25FN4O4/c1-14-19(12-28-23-22(14)26-5-7-32-23)18-8-15-10-21(27-11-16(15)9-20(18)25)29-24(30)33-13-17-4-2-3-6-31-17/h8-12,17,26H,2-7,13H2,1H3,(H,27,29,30)/t17-/m0/s1. The molecule has 3 aromatic rings. The molecule has 2 aliphatic heterocycles. The van der Waals surface area contributed by atoms with Crippen LogP contribution in [0.5, 0.6) is 5.88 Å². The van der Waals surface area contributed by atoms with Crippen LogP contribution in [-0.4, -0.2) is 48.5 Å². The van der Waals surface area contributed by atoms with Crippen LogP contribution in [0.1, 0.15) is 24.8 Å². The fraction of sp³-hybridized carbons (Fsp3) is 0.375. The Morgan fingerprint density at radius 1 is 1.18 bits per heavy atom. The SMILES string of the molecule is Cc1c(-c2cc3cc(NC(=O)OC[C@@H]4CCCCO4)ncc3cc2F)cnc2c1NCCO2. The van der Waals surface area contributed by atoms with Crippen LogP contribution in [0, 0.1) is 12.7 Å². The fourth-order valence-corrected chi connectivity index (χ4v) is 4.18. The van der Waals surface area contributed by atoms with Gasteiger partial charge in [-0.1, -0.05) is 0 Å². The summed E-state index contributed by atoms with van der Waals surface area (Å²) in [7, 11) is 0. The number of amides is 1. The number of ether oxygens (including phenoxy) is 3. The second-order valence-corrected chi connectivity index (χ2v) is 8.21. The maximum Gasteiger partial charge on any atom is 0.412 e. The van der Waals surface area contributed by atoms with Gasteiger partial charge in [-0.15, -0.1) is 0 Å². The first-order valence-corrected chi connectivity index (χ1v) is 11.1. The van der Waals surface area contributed by atoms with Crippen molar-refractivity contribution in [3.63, 3.8) is 0 Å². The number of nitrogens with one attached hydrogen (secondary N) is 2. The van der Waals surface area contributed by atoms with Gasteiger partial charge in [-0.2, -0.15) is 0 Å². The Balaban J connectivity index is 1.37. The van der Waals surface area contributed by atoms with E-state index in [4.69, 9.17) is 14.2 Å². The summed E-state index contributed by atoms with van der Waals surface area (Å²) in [4.78, 5) is 20.8. The summed E-state index contributed by atoms with van der Waals surface area (Å²) in [5.41, 5.74) is 2.72. The van der Waals surface area contributed by atoms with Gasteiger partial charge in [0.05, 0.1) is 6.10 Å². The summed E-state index contributed by atoms with van der Waals surface area (Å²) in [6.07, 6.45) is 5.48. The van der Waals surface area contributed by atoms with E-state index in [1.807, 2.05) is 6.92 Å². The number of anilines is 2. The number of halogens is 1. The Labute approximate surface area is 190 Å². The van der Waals surface area contributed by atoms with E-state index >= 15 is 0 Å². The lowest BCUT2D eigenvalue weighted by Crippen LogP contribution is -2.27. The normalized spacial score (nSPS) is 17.6. The van der Waals surface area contributed by atoms with Crippen molar-refractivity contribution in [3.8, 4) is 17.0 Å². The number of carbonyl (C=O) groups excluding carboxylic acids is 1. The molecule has 1 aromatic carbocycles. The number of fused-ring (bicyclic) bond motifs is 2. The Bertz CT molecular complexity index is 1200. The van der Waals surface area contributed by atoms with Gasteiger partial charge < -0.3 is 19.5 Å². The van der Waals surface area contributed by atoms with Crippen molar-refractivity contribution in [2.24, 2.45) is 0 Å². The third-order valence-electron chi connectivity index (χ3n) is 5.95. The number of carbonyl (C=O) groups is 1. The van der Waals surface area contributed by atoms with Crippen LogP contribution in [-0.2, 0) is 9.47 Å². The van der Waals surface area contributed by atoms with E-state index in [1.54, 1.807) is 18.3 Å². The van der Waals surface area contributed by atoms with Crippen molar-refractivity contribution in [2.45, 2.75) is 32.3 Å². The Hall–Kier alpha value is -3.46. The van der Waals surface area contributed by atoms with Crippen LogP contribution >= 0.6 is 0 Å². The molecule has 0 radical (unpaired) electrons. The summed E-state index contributed by atoms with van der Waals surface area (Å²) < 4.78 is 31.4. The zero-order chi connectivity index (χ0) is 22.8. The molecule has 5 rings (SSSR count). The number of pyridine rings is 2. The minimum atomic E-state index is -0.598. The Morgan fingerprint density at radius 3 is 2.94 bits per heavy atom. The van der Waals surface area contributed by atoms with Crippen LogP contribution in [0.2, 0.25) is 0 Å². The third kappa shape index (κ3) is 4.54. The molecule has 0 saturated carbocycles. The summed E-state index contributed by atoms with van der Waals surface area (Å²) in [6.45, 7) is 4.03. The summed E-state index contributed by atoms with van der Waals surface area (Å²) >= 11 is 0. The average molecular weight is 452 g/mol. The molecule has 4 heterocycles. The fourth-order valence-electron chi connectivity index (χ4n) is 4.18. The van der Waals surface area contributed by atoms with Gasteiger partial charge in [0.2, 0.25) is 5.88 Å². The highest BCUT2D eigenvalue weighted by atomic mass is 19.1. The lowest BCUT2D eigenvalue weighted by Gasteiger charge is -2.22. The first-order chi connectivity index (χ1) is 16.1. The molecule has 33 heavy (non-hydrogen) atoms. The van der Waals surface area contributed by atoms with E-state index in [-0.39, 0.29) is 18.5 Å². The van der Waals surface area contributed by atoms with Gasteiger partial charge in [-0.3, -0.25) is 5.32 Å². The Morgan fingerprint density at radius 2 is 2.09 bits per heavy atom. The van der Waals surface area contributed by atoms with E-state index in [0.29, 0.717) is 48.0 Å². The number of benzene rings is 1. The van der Waals surface area contributed by atoms with Gasteiger partial charge in [0.15, 0.2) is 0 Å². The van der Waals surface area contributed by atoms with Crippen molar-refractivity contribution in [1.29, 1.82) is 0 Å². The molecule has 1 fully saturated rings. The van der Waals surface area contributed by atoms with Crippen LogP contribution in [0.3, 0.4) is 0 Å². The maximum atomic E-state index is 15.0. The first-order valence-electron chi connectivity index (χ1n) is 11.1. The summed E-state index contributed by atoms with van der Waals surface area (Å²) in [5.74, 6) is 0.472. The van der Waals surface area contributed by atoms with Crippen LogP contribution in [0.25, 0.3) is 21.9 Å². The summed E-state index contributed by atoms with van der Waals surface area (Å²) in [5, 5.41) is 7.26. The first kappa shape index (κ1) is 21.4. The van der Waals surface area contributed by atoms with Gasteiger partial charge in [-0.25, -0.2) is 19.2 Å². The highest BCUT2D eigenvalue weighted by molar-refractivity contribution is 5.92. The zero-order valence-corrected chi connectivity index (χ0v) is 18.3. The molecular formula is C24H25FN4O4. The Kier molecular flexibility index (Phi) is 5.95. The van der Waals surface area contributed by atoms with E-state index in [0.717, 1.165) is 35.9 Å². The van der Waals surface area contributed by atoms with Gasteiger partial charge in [0, 0.05) is 42.1 Å². The van der Waals surface area contributed by atoms with E-state index in [1.165, 1.54) is 12.3 Å². The minimum Gasteiger partial charge on any atom is -0.474 e.